The van der Waals surface area contributed by atoms with E-state index in [4.69, 9.17) is 16.3 Å². The van der Waals surface area contributed by atoms with E-state index in [2.05, 4.69) is 15.6 Å². The second kappa shape index (κ2) is 11.0. The summed E-state index contributed by atoms with van der Waals surface area (Å²) < 4.78 is 35.0. The molecule has 2 aromatic carbocycles. The van der Waals surface area contributed by atoms with E-state index in [1.807, 2.05) is 4.90 Å². The predicted octanol–water partition coefficient (Wildman–Crippen LogP) is 3.03. The van der Waals surface area contributed by atoms with Crippen LogP contribution in [0.3, 0.4) is 0 Å². The summed E-state index contributed by atoms with van der Waals surface area (Å²) in [5.74, 6) is -2.17. The minimum Gasteiger partial charge on any atom is -0.494 e. The van der Waals surface area contributed by atoms with Gasteiger partial charge in [-0.2, -0.15) is 4.39 Å². The molecule has 1 aliphatic carbocycles. The van der Waals surface area contributed by atoms with Crippen LogP contribution in [-0.2, 0) is 11.8 Å². The molecule has 0 radical (unpaired) electrons. The molecule has 10 nitrogen and oxygen atoms in total. The normalized spacial score (nSPS) is 21.2. The summed E-state index contributed by atoms with van der Waals surface area (Å²) in [5.41, 5.74) is 0.726. The Balaban J connectivity index is 1.09. The van der Waals surface area contributed by atoms with Gasteiger partial charge in [0.2, 0.25) is 11.7 Å². The number of nitrogens with one attached hydrogen (secondary N) is 2. The van der Waals surface area contributed by atoms with Gasteiger partial charge in [0, 0.05) is 50.4 Å². The number of carbonyl (C=O) groups is 3. The van der Waals surface area contributed by atoms with Gasteiger partial charge in [-0.25, -0.2) is 9.37 Å². The lowest BCUT2D eigenvalue weighted by Crippen LogP contribution is -2.51. The highest BCUT2D eigenvalue weighted by molar-refractivity contribution is 6.34. The van der Waals surface area contributed by atoms with Crippen LogP contribution < -0.4 is 15.4 Å². The standard InChI is InChI=1S/C29H29ClF2N6O4/c1-36-21(17-5-6-22(42-2)25(32)24(17)31)14-34-26(36)27(39)35-15-3-4-16(20(30)11-15)28(40)37-7-9-38(10-8-37)29(41)23-18-12-33-13-19(18)23/h3-6,11,14,18-19,23,33H,7-10,12-13H2,1-2H3,(H,35,39). The molecule has 2 aliphatic heterocycles. The van der Waals surface area contributed by atoms with Crippen molar-refractivity contribution in [1.29, 1.82) is 0 Å². The molecule has 13 heteroatoms. The van der Waals surface area contributed by atoms with E-state index in [0.717, 1.165) is 13.1 Å². The zero-order chi connectivity index (χ0) is 29.7. The fraction of sp³-hybridized carbons (Fsp3) is 0.379. The summed E-state index contributed by atoms with van der Waals surface area (Å²) in [5, 5.41) is 6.14. The number of methoxy groups -OCH3 is 1. The molecule has 42 heavy (non-hydrogen) atoms. The largest absolute Gasteiger partial charge is 0.494 e. The Labute approximate surface area is 245 Å². The third-order valence-electron chi connectivity index (χ3n) is 8.45. The third-order valence-corrected chi connectivity index (χ3v) is 8.76. The van der Waals surface area contributed by atoms with Gasteiger partial charge in [-0.15, -0.1) is 0 Å². The number of benzene rings is 2. The van der Waals surface area contributed by atoms with Crippen LogP contribution in [0.4, 0.5) is 14.5 Å². The monoisotopic (exact) mass is 598 g/mol. The number of hydrogen-bond acceptors (Lipinski definition) is 6. The van der Waals surface area contributed by atoms with E-state index in [-0.39, 0.29) is 51.1 Å². The number of imidazole rings is 1. The average molecular weight is 599 g/mol. The van der Waals surface area contributed by atoms with Crippen molar-refractivity contribution in [1.82, 2.24) is 24.7 Å². The Kier molecular flexibility index (Phi) is 7.36. The maximum Gasteiger partial charge on any atom is 0.291 e. The van der Waals surface area contributed by atoms with E-state index in [0.29, 0.717) is 43.7 Å². The first-order valence-electron chi connectivity index (χ1n) is 13.6. The highest BCUT2D eigenvalue weighted by Gasteiger charge is 2.58. The molecular weight excluding hydrogens is 570 g/mol. The van der Waals surface area contributed by atoms with Gasteiger partial charge in [0.05, 0.1) is 29.6 Å². The molecule has 2 atom stereocenters. The van der Waals surface area contributed by atoms with Gasteiger partial charge in [-0.1, -0.05) is 11.6 Å². The number of anilines is 1. The molecular formula is C29H29ClF2N6O4. The fourth-order valence-electron chi connectivity index (χ4n) is 6.01. The summed E-state index contributed by atoms with van der Waals surface area (Å²) in [6.45, 7) is 3.61. The van der Waals surface area contributed by atoms with Crippen molar-refractivity contribution in [2.24, 2.45) is 24.8 Å². The summed E-state index contributed by atoms with van der Waals surface area (Å²) in [6, 6.07) is 7.20. The molecule has 0 bridgehead atoms. The average Bonchev–Trinajstić information content (AvgIpc) is 3.26. The van der Waals surface area contributed by atoms with Crippen LogP contribution in [0.1, 0.15) is 21.0 Å². The Morgan fingerprint density at radius 2 is 1.71 bits per heavy atom. The van der Waals surface area contributed by atoms with Crippen molar-refractivity contribution in [3.05, 3.63) is 64.6 Å². The zero-order valence-corrected chi connectivity index (χ0v) is 23.8. The molecule has 220 valence electrons. The first-order chi connectivity index (χ1) is 20.2. The van der Waals surface area contributed by atoms with Crippen LogP contribution in [0, 0.1) is 29.4 Å². The Hall–Kier alpha value is -4.03. The van der Waals surface area contributed by atoms with E-state index >= 15 is 0 Å². The number of hydrogen-bond donors (Lipinski definition) is 2. The predicted molar refractivity (Wildman–Crippen MR) is 150 cm³/mol. The molecule has 3 fully saturated rings. The number of nitrogens with zero attached hydrogens (tertiary/aromatic N) is 4. The number of carbonyl (C=O) groups excluding carboxylic acids is 3. The summed E-state index contributed by atoms with van der Waals surface area (Å²) >= 11 is 6.45. The molecule has 0 spiro atoms. The fourth-order valence-corrected chi connectivity index (χ4v) is 6.27. The van der Waals surface area contributed by atoms with Gasteiger partial charge < -0.3 is 29.7 Å². The quantitative estimate of drug-likeness (QED) is 0.452. The molecule has 3 amide bonds. The van der Waals surface area contributed by atoms with E-state index in [1.165, 1.54) is 49.2 Å². The Morgan fingerprint density at radius 1 is 1.02 bits per heavy atom. The second-order valence-electron chi connectivity index (χ2n) is 10.7. The molecule has 3 heterocycles. The first kappa shape index (κ1) is 28.1. The lowest BCUT2D eigenvalue weighted by Gasteiger charge is -2.35. The second-order valence-corrected chi connectivity index (χ2v) is 11.2. The van der Waals surface area contributed by atoms with Crippen LogP contribution >= 0.6 is 11.6 Å². The topological polar surface area (TPSA) is 109 Å². The number of amides is 3. The lowest BCUT2D eigenvalue weighted by atomic mass is 10.1. The molecule has 2 saturated heterocycles. The number of ether oxygens (including phenoxy) is 1. The van der Waals surface area contributed by atoms with Gasteiger partial charge >= 0.3 is 0 Å². The number of halogens is 3. The highest BCUT2D eigenvalue weighted by atomic mass is 35.5. The van der Waals surface area contributed by atoms with Crippen molar-refractivity contribution >= 4 is 35.0 Å². The maximum atomic E-state index is 14.6. The number of piperidine rings is 1. The number of rotatable bonds is 6. The van der Waals surface area contributed by atoms with Gasteiger partial charge in [-0.3, -0.25) is 14.4 Å². The van der Waals surface area contributed by atoms with Gasteiger partial charge in [-0.05, 0) is 55.3 Å². The first-order valence-corrected chi connectivity index (χ1v) is 14.0. The van der Waals surface area contributed by atoms with Gasteiger partial charge in [0.1, 0.15) is 0 Å². The molecule has 3 aliphatic rings. The Bertz CT molecular complexity index is 1580. The van der Waals surface area contributed by atoms with Crippen LogP contribution in [0.15, 0.2) is 36.5 Å². The number of piperazine rings is 1. The van der Waals surface area contributed by atoms with E-state index in [1.54, 1.807) is 11.0 Å². The van der Waals surface area contributed by atoms with Crippen molar-refractivity contribution < 1.29 is 27.9 Å². The summed E-state index contributed by atoms with van der Waals surface area (Å²) in [7, 11) is 2.74. The molecule has 1 saturated carbocycles. The smallest absolute Gasteiger partial charge is 0.291 e. The highest BCUT2D eigenvalue weighted by Crippen LogP contribution is 2.49. The van der Waals surface area contributed by atoms with Crippen LogP contribution in [-0.4, -0.2) is 83.5 Å². The maximum absolute atomic E-state index is 14.6. The van der Waals surface area contributed by atoms with E-state index in [9.17, 15) is 23.2 Å². The molecule has 2 unspecified atom stereocenters. The minimum atomic E-state index is -1.14. The Morgan fingerprint density at radius 3 is 2.38 bits per heavy atom. The van der Waals surface area contributed by atoms with Crippen molar-refractivity contribution in [2.45, 2.75) is 0 Å². The van der Waals surface area contributed by atoms with Crippen molar-refractivity contribution in [3.63, 3.8) is 0 Å². The molecule has 1 aromatic heterocycles. The SMILES string of the molecule is COc1ccc(-c2cnc(C(=O)Nc3ccc(C(=O)N4CCN(C(=O)C5C6CNCC65)CC4)c(Cl)c3)n2C)c(F)c1F. The van der Waals surface area contributed by atoms with Gasteiger partial charge in [0.15, 0.2) is 17.4 Å². The number of aromatic nitrogens is 2. The molecule has 3 aromatic rings. The molecule has 2 N–H and O–H groups in total. The summed E-state index contributed by atoms with van der Waals surface area (Å²) in [6.07, 6.45) is 1.27. The van der Waals surface area contributed by atoms with Crippen LogP contribution in [0.2, 0.25) is 5.02 Å². The third kappa shape index (κ3) is 4.88. The van der Waals surface area contributed by atoms with Crippen molar-refractivity contribution in [3.8, 4) is 17.0 Å². The van der Waals surface area contributed by atoms with Crippen LogP contribution in [0.25, 0.3) is 11.3 Å². The zero-order valence-electron chi connectivity index (χ0n) is 23.0. The van der Waals surface area contributed by atoms with Gasteiger partial charge in [0.25, 0.3) is 11.8 Å². The van der Waals surface area contributed by atoms with Crippen LogP contribution in [0.5, 0.6) is 5.75 Å². The lowest BCUT2D eigenvalue weighted by molar-refractivity contribution is -0.134. The van der Waals surface area contributed by atoms with Crippen molar-refractivity contribution in [2.75, 3.05) is 51.7 Å². The summed E-state index contributed by atoms with van der Waals surface area (Å²) in [4.78, 5) is 46.6. The minimum absolute atomic E-state index is 0.0459. The number of fused-ring (bicyclic) bond motifs is 1. The molecule has 6 rings (SSSR count). The van der Waals surface area contributed by atoms with E-state index < -0.39 is 17.5 Å².